The molecule has 27 nitrogen and oxygen atoms in total. The summed E-state index contributed by atoms with van der Waals surface area (Å²) in [6, 6.07) is 2.94. The predicted molar refractivity (Wildman–Crippen MR) is 275 cm³/mol. The van der Waals surface area contributed by atoms with Gasteiger partial charge in [0.1, 0.15) is 17.0 Å². The maximum Gasteiger partial charge on any atom is 0.407 e. The number of hydrogen-bond acceptors (Lipinski definition) is 13. The van der Waals surface area contributed by atoms with E-state index >= 15 is 0 Å². The molecule has 27 heteroatoms. The van der Waals surface area contributed by atoms with Crippen LogP contribution in [-0.2, 0) is 54.4 Å². The second-order valence-electron chi connectivity index (χ2n) is 18.5. The number of hydrogen-bond donors (Lipinski definition) is 9. The molecule has 0 bridgehead atoms. The minimum atomic E-state index is -0.630. The lowest BCUT2D eigenvalue weighted by Crippen LogP contribution is -2.33. The van der Waals surface area contributed by atoms with Crippen LogP contribution in [0.25, 0.3) is 0 Å². The van der Waals surface area contributed by atoms with E-state index < -0.39 is 53.0 Å². The third-order valence-corrected chi connectivity index (χ3v) is 11.0. The summed E-state index contributed by atoms with van der Waals surface area (Å²) in [5.74, 6) is -3.38. The summed E-state index contributed by atoms with van der Waals surface area (Å²) < 4.78 is 12.6. The Morgan fingerprint density at radius 3 is 1.39 bits per heavy atom. The van der Waals surface area contributed by atoms with Gasteiger partial charge in [-0.1, -0.05) is 19.3 Å². The van der Waals surface area contributed by atoms with Crippen LogP contribution in [0.4, 0.5) is 27.8 Å². The first kappa shape index (κ1) is 57.1. The molecule has 0 aliphatic heterocycles. The summed E-state index contributed by atoms with van der Waals surface area (Å²) in [6.07, 6.45) is 13.0. The Morgan fingerprint density at radius 1 is 0.467 bits per heavy atom. The van der Waals surface area contributed by atoms with E-state index in [-0.39, 0.29) is 91.0 Å². The van der Waals surface area contributed by atoms with Gasteiger partial charge in [0.15, 0.2) is 17.5 Å². The second-order valence-corrected chi connectivity index (χ2v) is 18.5. The van der Waals surface area contributed by atoms with Gasteiger partial charge in [-0.3, -0.25) is 38.4 Å². The number of amides is 9. The lowest BCUT2D eigenvalue weighted by Gasteiger charge is -2.19. The molecule has 5 aromatic rings. The molecule has 0 fully saturated rings. The Labute approximate surface area is 432 Å². The van der Waals surface area contributed by atoms with Crippen molar-refractivity contribution in [1.82, 2.24) is 64.4 Å². The van der Waals surface area contributed by atoms with Gasteiger partial charge < -0.3 is 75.4 Å². The summed E-state index contributed by atoms with van der Waals surface area (Å²) in [5, 5.41) is 24.2. The molecule has 404 valence electrons. The molecule has 9 amide bonds. The van der Waals surface area contributed by atoms with Crippen LogP contribution in [0.1, 0.15) is 125 Å². The number of carbonyl (C=O) groups is 9. The average molecular weight is 1040 g/mol. The van der Waals surface area contributed by atoms with E-state index in [4.69, 9.17) is 4.74 Å². The van der Waals surface area contributed by atoms with Gasteiger partial charge in [-0.2, -0.15) is 0 Å². The molecule has 0 saturated carbocycles. The number of aromatic nitrogens is 8. The van der Waals surface area contributed by atoms with Crippen LogP contribution in [-0.4, -0.2) is 129 Å². The number of nitrogens with zero attached hydrogens (tertiary/aromatic N) is 8. The molecule has 0 aliphatic rings. The van der Waals surface area contributed by atoms with Gasteiger partial charge in [0.05, 0.1) is 11.4 Å². The number of carbonyl (C=O) groups excluding carboxylic acids is 9. The van der Waals surface area contributed by atoms with Crippen molar-refractivity contribution in [2.45, 2.75) is 77.7 Å². The normalized spacial score (nSPS) is 11.0. The Bertz CT molecular complexity index is 2860. The number of unbranched alkanes of at least 4 members (excludes halogenated alkanes) is 4. The van der Waals surface area contributed by atoms with Gasteiger partial charge in [-0.15, -0.1) is 0 Å². The van der Waals surface area contributed by atoms with Crippen molar-refractivity contribution >= 4 is 76.4 Å². The Balaban J connectivity index is 0.949. The SMILES string of the molecule is Cn1cc(NC(=O)c2nc(NC(=O)CCNC(=O)c3cc(NC(=O)c4nccn4C)cn3C)cn2C)cc1C(=O)NCCC(=O)Nc1cn(C)c(C(=O)NCCC(=O)NCCCCCCCNC(=O)OC(C)(C)C)n1. The highest BCUT2D eigenvalue weighted by Crippen LogP contribution is 2.17. The fraction of sp³-hybridized carbons (Fsp3) is 0.458. The zero-order valence-electron chi connectivity index (χ0n) is 43.5. The predicted octanol–water partition coefficient (Wildman–Crippen LogP) is 2.30. The van der Waals surface area contributed by atoms with Crippen LogP contribution in [0.3, 0.4) is 0 Å². The molecule has 0 unspecified atom stereocenters. The highest BCUT2D eigenvalue weighted by Gasteiger charge is 2.21. The minimum Gasteiger partial charge on any atom is -0.444 e. The molecule has 0 spiro atoms. The van der Waals surface area contributed by atoms with E-state index in [1.54, 1.807) is 52.2 Å². The van der Waals surface area contributed by atoms with Crippen molar-refractivity contribution in [2.75, 3.05) is 54.0 Å². The van der Waals surface area contributed by atoms with Crippen molar-refractivity contribution in [3.63, 3.8) is 0 Å². The van der Waals surface area contributed by atoms with Crippen LogP contribution >= 0.6 is 0 Å². The summed E-state index contributed by atoms with van der Waals surface area (Å²) >= 11 is 0. The number of rotatable bonds is 26. The van der Waals surface area contributed by atoms with Gasteiger partial charge in [-0.25, -0.2) is 19.7 Å². The Hall–Kier alpha value is -8.78. The molecule has 0 saturated heterocycles. The molecule has 9 N–H and O–H groups in total. The highest BCUT2D eigenvalue weighted by atomic mass is 16.6. The molecule has 0 aromatic carbocycles. The molecule has 0 radical (unpaired) electrons. The summed E-state index contributed by atoms with van der Waals surface area (Å²) in [6.45, 7) is 6.49. The number of imidazole rings is 3. The highest BCUT2D eigenvalue weighted by molar-refractivity contribution is 6.04. The number of ether oxygens (including phenoxy) is 1. The van der Waals surface area contributed by atoms with E-state index in [2.05, 4.69) is 62.8 Å². The van der Waals surface area contributed by atoms with Gasteiger partial charge >= 0.3 is 6.09 Å². The smallest absolute Gasteiger partial charge is 0.407 e. The average Bonchev–Trinajstić information content (AvgIpc) is 4.17. The van der Waals surface area contributed by atoms with Gasteiger partial charge in [0.2, 0.25) is 29.4 Å². The topological polar surface area (TPSA) is 334 Å². The lowest BCUT2D eigenvalue weighted by molar-refractivity contribution is -0.121. The zero-order chi connectivity index (χ0) is 54.8. The zero-order valence-corrected chi connectivity index (χ0v) is 43.5. The number of aryl methyl sites for hydroxylation is 5. The first-order chi connectivity index (χ1) is 35.6. The summed E-state index contributed by atoms with van der Waals surface area (Å²) in [5.41, 5.74) is 0.555. The molecule has 0 atom stereocenters. The van der Waals surface area contributed by atoms with Gasteiger partial charge in [0, 0.05) is 124 Å². The van der Waals surface area contributed by atoms with Crippen molar-refractivity contribution in [2.24, 2.45) is 35.2 Å². The monoisotopic (exact) mass is 1040 g/mol. The molecule has 5 heterocycles. The van der Waals surface area contributed by atoms with Crippen molar-refractivity contribution in [3.05, 3.63) is 78.2 Å². The van der Waals surface area contributed by atoms with Crippen LogP contribution in [0.5, 0.6) is 0 Å². The first-order valence-corrected chi connectivity index (χ1v) is 24.2. The van der Waals surface area contributed by atoms with Crippen LogP contribution in [0.15, 0.2) is 49.3 Å². The van der Waals surface area contributed by atoms with Crippen molar-refractivity contribution < 1.29 is 47.9 Å². The van der Waals surface area contributed by atoms with E-state index in [0.29, 0.717) is 18.8 Å². The maximum absolute atomic E-state index is 13.2. The van der Waals surface area contributed by atoms with Gasteiger partial charge in [-0.05, 0) is 45.7 Å². The van der Waals surface area contributed by atoms with Crippen molar-refractivity contribution in [3.8, 4) is 0 Å². The fourth-order valence-corrected chi connectivity index (χ4v) is 7.29. The fourth-order valence-electron chi connectivity index (χ4n) is 7.29. The molecule has 0 aliphatic carbocycles. The van der Waals surface area contributed by atoms with Gasteiger partial charge in [0.25, 0.3) is 29.5 Å². The lowest BCUT2D eigenvalue weighted by atomic mass is 10.1. The number of alkyl carbamates (subject to hydrolysis) is 1. The minimum absolute atomic E-state index is 0.0180. The molecular weight excluding hydrogens is 975 g/mol. The largest absolute Gasteiger partial charge is 0.444 e. The molecule has 5 aromatic heterocycles. The van der Waals surface area contributed by atoms with Crippen LogP contribution in [0.2, 0.25) is 0 Å². The third kappa shape index (κ3) is 18.0. The molecular formula is C48H67N17O10. The van der Waals surface area contributed by atoms with E-state index in [1.807, 2.05) is 20.8 Å². The molecule has 75 heavy (non-hydrogen) atoms. The van der Waals surface area contributed by atoms with Crippen LogP contribution < -0.4 is 47.9 Å². The van der Waals surface area contributed by atoms with E-state index in [1.165, 1.54) is 55.2 Å². The van der Waals surface area contributed by atoms with E-state index in [9.17, 15) is 43.2 Å². The van der Waals surface area contributed by atoms with E-state index in [0.717, 1.165) is 32.1 Å². The van der Waals surface area contributed by atoms with Crippen molar-refractivity contribution in [1.29, 1.82) is 0 Å². The molecule has 5 rings (SSSR count). The standard InChI is InChI=1S/C48H67N17O10/c1-48(2,3)75-47(74)54-18-13-11-9-10-12-17-49-36(66)14-19-53-44(71)40-59-34(28-64(40)7)57-37(67)15-20-52-43(70)33-25-31(27-63(33)6)56-46(73)41-60-35(29-65(41)8)58-38(68)16-21-51-42(69)32-24-30(26-62(32)5)55-45(72)39-50-22-23-61(39)4/h22-29H,9-21H2,1-8H3,(H,49,66)(H,51,69)(H,52,70)(H,53,71)(H,54,74)(H,55,72)(H,56,73)(H,57,67)(H,58,68). The van der Waals surface area contributed by atoms with Crippen LogP contribution in [0, 0.1) is 0 Å². The first-order valence-electron chi connectivity index (χ1n) is 24.2. The number of anilines is 4. The third-order valence-electron chi connectivity index (χ3n) is 11.0. The Morgan fingerprint density at radius 2 is 0.907 bits per heavy atom. The number of nitrogens with one attached hydrogen (secondary N) is 9. The maximum atomic E-state index is 13.2. The quantitative estimate of drug-likeness (QED) is 0.0360. The summed E-state index contributed by atoms with van der Waals surface area (Å²) in [4.78, 5) is 126. The summed E-state index contributed by atoms with van der Waals surface area (Å²) in [7, 11) is 8.07. The Kier molecular flexibility index (Phi) is 20.4. The second kappa shape index (κ2) is 26.8.